The number of amides is 1. The molecular weight excluding hydrogens is 358 g/mol. The summed E-state index contributed by atoms with van der Waals surface area (Å²) >= 11 is 0. The smallest absolute Gasteiger partial charge is 0.223 e. The summed E-state index contributed by atoms with van der Waals surface area (Å²) in [6.45, 7) is 2.26. The average molecular weight is 402 g/mol. The van der Waals surface area contributed by atoms with Gasteiger partial charge in [0.15, 0.2) is 0 Å². The van der Waals surface area contributed by atoms with Crippen LogP contribution in [-0.4, -0.2) is 13.0 Å². The van der Waals surface area contributed by atoms with Crippen LogP contribution in [0.5, 0.6) is 0 Å². The van der Waals surface area contributed by atoms with E-state index in [-0.39, 0.29) is 17.9 Å². The molecule has 0 aliphatic carbocycles. The van der Waals surface area contributed by atoms with Crippen LogP contribution in [0.1, 0.15) is 102 Å². The van der Waals surface area contributed by atoms with Crippen LogP contribution < -0.4 is 5.73 Å². The maximum absolute atomic E-state index is 12.0. The van der Waals surface area contributed by atoms with E-state index in [1.807, 2.05) is 30.3 Å². The summed E-state index contributed by atoms with van der Waals surface area (Å²) in [6, 6.07) is 9.92. The third kappa shape index (κ3) is 11.9. The minimum Gasteiger partial charge on any atom is -0.376 e. The molecule has 2 N–H and O–H groups in total. The third-order valence-electron chi connectivity index (χ3n) is 5.64. The van der Waals surface area contributed by atoms with Crippen molar-refractivity contribution >= 4 is 5.91 Å². The molecule has 0 aliphatic rings. The molecule has 164 valence electrons. The zero-order valence-corrected chi connectivity index (χ0v) is 18.8. The van der Waals surface area contributed by atoms with Gasteiger partial charge < -0.3 is 10.5 Å². The number of ether oxygens (including phenoxy) is 1. The van der Waals surface area contributed by atoms with Crippen molar-refractivity contribution in [3.8, 4) is 0 Å². The van der Waals surface area contributed by atoms with E-state index in [1.165, 1.54) is 64.2 Å². The van der Waals surface area contributed by atoms with Crippen LogP contribution in [0, 0.1) is 5.92 Å². The lowest BCUT2D eigenvalue weighted by Crippen LogP contribution is -2.29. The van der Waals surface area contributed by atoms with Gasteiger partial charge in [0.05, 0.1) is 12.0 Å². The van der Waals surface area contributed by atoms with Crippen molar-refractivity contribution in [1.29, 1.82) is 0 Å². The summed E-state index contributed by atoms with van der Waals surface area (Å²) in [4.78, 5) is 12.0. The van der Waals surface area contributed by atoms with E-state index >= 15 is 0 Å². The number of carbonyl (C=O) groups is 1. The lowest BCUT2D eigenvalue weighted by atomic mass is 9.90. The van der Waals surface area contributed by atoms with Gasteiger partial charge in [0.1, 0.15) is 0 Å². The van der Waals surface area contributed by atoms with Crippen LogP contribution in [0.15, 0.2) is 42.5 Å². The van der Waals surface area contributed by atoms with E-state index in [9.17, 15) is 4.79 Å². The van der Waals surface area contributed by atoms with Gasteiger partial charge >= 0.3 is 0 Å². The van der Waals surface area contributed by atoms with Crippen LogP contribution in [0.2, 0.25) is 0 Å². The number of allylic oxidation sites excluding steroid dienone is 2. The normalized spacial score (nSPS) is 13.6. The van der Waals surface area contributed by atoms with Gasteiger partial charge in [0.2, 0.25) is 5.91 Å². The Labute approximate surface area is 179 Å². The van der Waals surface area contributed by atoms with Crippen LogP contribution in [0.4, 0.5) is 0 Å². The predicted molar refractivity (Wildman–Crippen MR) is 124 cm³/mol. The minimum atomic E-state index is -0.265. The maximum Gasteiger partial charge on any atom is 0.223 e. The molecule has 1 rings (SSSR count). The number of nitrogens with two attached hydrogens (primary N) is 1. The standard InChI is InChI=1S/C26H43NO2/c1-3-4-5-6-7-8-9-10-11-12-13-14-15-19-22-24(26(27)28)25(29-2)23-20-17-16-18-21-23/h10-11,16-18,20-21,24-25H,3-9,12-15,19,22H2,1-2H3,(H2,27,28)/b11-10-. The highest BCUT2D eigenvalue weighted by Crippen LogP contribution is 2.29. The van der Waals surface area contributed by atoms with Gasteiger partial charge in [-0.2, -0.15) is 0 Å². The number of primary amides is 1. The van der Waals surface area contributed by atoms with Gasteiger partial charge in [-0.05, 0) is 37.7 Å². The summed E-state index contributed by atoms with van der Waals surface area (Å²) in [5.41, 5.74) is 6.70. The van der Waals surface area contributed by atoms with Crippen LogP contribution in [-0.2, 0) is 9.53 Å². The maximum atomic E-state index is 12.0. The zero-order valence-electron chi connectivity index (χ0n) is 18.8. The first-order chi connectivity index (χ1) is 14.2. The van der Waals surface area contributed by atoms with Crippen LogP contribution >= 0.6 is 0 Å². The molecule has 2 unspecified atom stereocenters. The molecule has 0 saturated heterocycles. The monoisotopic (exact) mass is 401 g/mol. The molecule has 3 heteroatoms. The number of methoxy groups -OCH3 is 1. The summed E-state index contributed by atoms with van der Waals surface area (Å²) in [5, 5.41) is 0. The Morgan fingerprint density at radius 2 is 1.45 bits per heavy atom. The van der Waals surface area contributed by atoms with E-state index in [4.69, 9.17) is 10.5 Å². The second kappa shape index (κ2) is 17.3. The first kappa shape index (κ1) is 25.4. The zero-order chi connectivity index (χ0) is 21.2. The average Bonchev–Trinajstić information content (AvgIpc) is 2.73. The van der Waals surface area contributed by atoms with Crippen molar-refractivity contribution in [3.63, 3.8) is 0 Å². The van der Waals surface area contributed by atoms with Crippen LogP contribution in [0.25, 0.3) is 0 Å². The van der Waals surface area contributed by atoms with Gasteiger partial charge in [0, 0.05) is 7.11 Å². The Morgan fingerprint density at radius 3 is 2.00 bits per heavy atom. The number of hydrogen-bond acceptors (Lipinski definition) is 2. The molecule has 29 heavy (non-hydrogen) atoms. The molecule has 0 aliphatic heterocycles. The molecule has 0 aromatic heterocycles. The Balaban J connectivity index is 2.14. The van der Waals surface area contributed by atoms with Crippen LogP contribution in [0.3, 0.4) is 0 Å². The molecule has 0 saturated carbocycles. The van der Waals surface area contributed by atoms with Gasteiger partial charge in [-0.3, -0.25) is 4.79 Å². The fourth-order valence-electron chi connectivity index (χ4n) is 3.88. The lowest BCUT2D eigenvalue weighted by molar-refractivity contribution is -0.126. The Hall–Kier alpha value is -1.61. The molecule has 0 fully saturated rings. The topological polar surface area (TPSA) is 52.3 Å². The second-order valence-corrected chi connectivity index (χ2v) is 8.10. The van der Waals surface area contributed by atoms with E-state index in [0.29, 0.717) is 0 Å². The Morgan fingerprint density at radius 1 is 0.897 bits per heavy atom. The molecule has 1 aromatic rings. The molecule has 3 nitrogen and oxygen atoms in total. The fraction of sp³-hybridized carbons (Fsp3) is 0.654. The van der Waals surface area contributed by atoms with E-state index in [2.05, 4.69) is 19.1 Å². The molecule has 2 atom stereocenters. The lowest BCUT2D eigenvalue weighted by Gasteiger charge is -2.24. The van der Waals surface area contributed by atoms with E-state index < -0.39 is 0 Å². The predicted octanol–water partition coefficient (Wildman–Crippen LogP) is 7.12. The highest BCUT2D eigenvalue weighted by atomic mass is 16.5. The molecule has 0 bridgehead atoms. The molecule has 0 spiro atoms. The SMILES string of the molecule is CCCCCCCC/C=C\CCCCCCC(C(N)=O)C(OC)c1ccccc1. The van der Waals surface area contributed by atoms with Crippen molar-refractivity contribution in [3.05, 3.63) is 48.0 Å². The van der Waals surface area contributed by atoms with Crippen molar-refractivity contribution < 1.29 is 9.53 Å². The van der Waals surface area contributed by atoms with Crippen molar-refractivity contribution in [2.75, 3.05) is 7.11 Å². The van der Waals surface area contributed by atoms with Crippen molar-refractivity contribution in [2.45, 2.75) is 96.5 Å². The van der Waals surface area contributed by atoms with E-state index in [0.717, 1.165) is 24.8 Å². The van der Waals surface area contributed by atoms with E-state index in [1.54, 1.807) is 7.11 Å². The van der Waals surface area contributed by atoms with Crippen molar-refractivity contribution in [2.24, 2.45) is 11.7 Å². The highest BCUT2D eigenvalue weighted by molar-refractivity contribution is 5.77. The summed E-state index contributed by atoms with van der Waals surface area (Å²) in [6.07, 6.45) is 20.4. The quantitative estimate of drug-likeness (QED) is 0.210. The number of hydrogen-bond donors (Lipinski definition) is 1. The summed E-state index contributed by atoms with van der Waals surface area (Å²) in [5.74, 6) is -0.530. The number of benzene rings is 1. The molecule has 1 amide bonds. The molecule has 0 radical (unpaired) electrons. The molecule has 0 heterocycles. The van der Waals surface area contributed by atoms with Crippen molar-refractivity contribution in [1.82, 2.24) is 0 Å². The Bertz CT molecular complexity index is 541. The second-order valence-electron chi connectivity index (χ2n) is 8.10. The fourth-order valence-corrected chi connectivity index (χ4v) is 3.88. The highest BCUT2D eigenvalue weighted by Gasteiger charge is 2.27. The Kier molecular flexibility index (Phi) is 15.1. The minimum absolute atomic E-state index is 0.251. The third-order valence-corrected chi connectivity index (χ3v) is 5.64. The summed E-state index contributed by atoms with van der Waals surface area (Å²) in [7, 11) is 1.66. The number of unbranched alkanes of at least 4 members (excludes halogenated alkanes) is 10. The van der Waals surface area contributed by atoms with Gasteiger partial charge in [-0.25, -0.2) is 0 Å². The first-order valence-corrected chi connectivity index (χ1v) is 11.7. The molecular formula is C26H43NO2. The number of carbonyl (C=O) groups excluding carboxylic acids is 1. The summed E-state index contributed by atoms with van der Waals surface area (Å²) < 4.78 is 5.62. The molecule has 1 aromatic carbocycles. The largest absolute Gasteiger partial charge is 0.376 e. The van der Waals surface area contributed by atoms with Gasteiger partial charge in [0.25, 0.3) is 0 Å². The number of rotatable bonds is 18. The first-order valence-electron chi connectivity index (χ1n) is 11.7. The van der Waals surface area contributed by atoms with Gasteiger partial charge in [-0.15, -0.1) is 0 Å². The van der Waals surface area contributed by atoms with Gasteiger partial charge in [-0.1, -0.05) is 101 Å².